The summed E-state index contributed by atoms with van der Waals surface area (Å²) < 4.78 is 23.9. The predicted molar refractivity (Wildman–Crippen MR) is 122 cm³/mol. The summed E-state index contributed by atoms with van der Waals surface area (Å²) >= 11 is 0. The topological polar surface area (TPSA) is 47.6 Å². The molecular formula is C26H28FNO3. The molecule has 0 amide bonds. The molecule has 0 bridgehead atoms. The van der Waals surface area contributed by atoms with E-state index in [0.717, 1.165) is 11.3 Å². The van der Waals surface area contributed by atoms with Gasteiger partial charge in [0.1, 0.15) is 5.82 Å². The number of nitrogens with one attached hydrogen (secondary N) is 1. The van der Waals surface area contributed by atoms with E-state index in [1.807, 2.05) is 12.1 Å². The van der Waals surface area contributed by atoms with Crippen molar-refractivity contribution in [1.29, 1.82) is 0 Å². The zero-order valence-corrected chi connectivity index (χ0v) is 18.3. The molecule has 0 aromatic heterocycles. The minimum absolute atomic E-state index is 0.0338. The Hall–Kier alpha value is -3.34. The summed E-state index contributed by atoms with van der Waals surface area (Å²) in [7, 11) is 3.10. The third kappa shape index (κ3) is 5.63. The Balaban J connectivity index is 1.88. The van der Waals surface area contributed by atoms with Gasteiger partial charge >= 0.3 is 0 Å². The molecule has 0 spiro atoms. The first kappa shape index (κ1) is 22.3. The van der Waals surface area contributed by atoms with E-state index in [-0.39, 0.29) is 24.1 Å². The van der Waals surface area contributed by atoms with E-state index >= 15 is 0 Å². The van der Waals surface area contributed by atoms with E-state index in [1.165, 1.54) is 17.7 Å². The number of anilines is 1. The molecule has 0 fully saturated rings. The molecular weight excluding hydrogens is 393 g/mol. The van der Waals surface area contributed by atoms with E-state index in [2.05, 4.69) is 31.3 Å². The van der Waals surface area contributed by atoms with Crippen molar-refractivity contribution >= 4 is 11.5 Å². The maximum absolute atomic E-state index is 13.3. The number of benzene rings is 3. The zero-order chi connectivity index (χ0) is 22.4. The van der Waals surface area contributed by atoms with Gasteiger partial charge in [-0.3, -0.25) is 4.79 Å². The van der Waals surface area contributed by atoms with E-state index < -0.39 is 0 Å². The van der Waals surface area contributed by atoms with Crippen LogP contribution in [0.15, 0.2) is 66.7 Å². The van der Waals surface area contributed by atoms with Gasteiger partial charge < -0.3 is 14.8 Å². The second kappa shape index (κ2) is 10.1. The Bertz CT molecular complexity index is 1010. The fourth-order valence-corrected chi connectivity index (χ4v) is 3.43. The number of methoxy groups -OCH3 is 2. The molecule has 0 radical (unpaired) electrons. The number of ketones is 1. The number of carbonyl (C=O) groups is 1. The van der Waals surface area contributed by atoms with Crippen molar-refractivity contribution in [3.63, 3.8) is 0 Å². The summed E-state index contributed by atoms with van der Waals surface area (Å²) in [6.07, 6.45) is 0.230. The summed E-state index contributed by atoms with van der Waals surface area (Å²) in [4.78, 5) is 13.1. The van der Waals surface area contributed by atoms with Crippen LogP contribution < -0.4 is 14.8 Å². The SMILES string of the molecule is COc1ccc(C(=O)CC(Nc2ccc(F)cc2)c2ccc(C(C)C)cc2)cc1OC. The lowest BCUT2D eigenvalue weighted by atomic mass is 9.94. The standard InChI is InChI=1S/C26H28FNO3/c1-17(2)18-5-7-19(8-6-18)23(28-22-12-10-21(27)11-13-22)16-24(29)20-9-14-25(30-3)26(15-20)31-4/h5-15,17,23,28H,16H2,1-4H3. The van der Waals surface area contributed by atoms with Gasteiger partial charge in [0.25, 0.3) is 0 Å². The molecule has 0 saturated heterocycles. The molecule has 31 heavy (non-hydrogen) atoms. The maximum atomic E-state index is 13.3. The first-order chi connectivity index (χ1) is 14.9. The minimum Gasteiger partial charge on any atom is -0.493 e. The minimum atomic E-state index is -0.301. The molecule has 0 heterocycles. The number of halogens is 1. The van der Waals surface area contributed by atoms with E-state index in [1.54, 1.807) is 44.6 Å². The van der Waals surface area contributed by atoms with Gasteiger partial charge in [0.15, 0.2) is 17.3 Å². The molecule has 3 rings (SSSR count). The maximum Gasteiger partial charge on any atom is 0.165 e. The van der Waals surface area contributed by atoms with E-state index in [9.17, 15) is 9.18 Å². The Morgan fingerprint density at radius 3 is 2.06 bits per heavy atom. The van der Waals surface area contributed by atoms with Crippen LogP contribution in [-0.4, -0.2) is 20.0 Å². The highest BCUT2D eigenvalue weighted by molar-refractivity contribution is 5.97. The Labute approximate surface area is 183 Å². The van der Waals surface area contributed by atoms with Gasteiger partial charge in [-0.05, 0) is 59.5 Å². The molecule has 1 atom stereocenters. The van der Waals surface area contributed by atoms with Gasteiger partial charge in [0.2, 0.25) is 0 Å². The highest BCUT2D eigenvalue weighted by atomic mass is 19.1. The molecule has 0 aliphatic carbocycles. The summed E-state index contributed by atoms with van der Waals surface area (Å²) in [5.41, 5.74) is 3.51. The van der Waals surface area contributed by atoms with E-state index in [0.29, 0.717) is 23.0 Å². The van der Waals surface area contributed by atoms with Gasteiger partial charge in [-0.25, -0.2) is 4.39 Å². The van der Waals surface area contributed by atoms with Crippen molar-refractivity contribution in [2.45, 2.75) is 32.2 Å². The number of carbonyl (C=O) groups excluding carboxylic acids is 1. The summed E-state index contributed by atoms with van der Waals surface area (Å²) in [6, 6.07) is 19.3. The van der Waals surface area contributed by atoms with Crippen molar-refractivity contribution in [2.24, 2.45) is 0 Å². The molecule has 4 nitrogen and oxygen atoms in total. The third-order valence-electron chi connectivity index (χ3n) is 5.29. The number of Topliss-reactive ketones (excluding diaryl/α,β-unsaturated/α-hetero) is 1. The summed E-state index contributed by atoms with van der Waals surface area (Å²) in [5, 5.41) is 3.38. The second-order valence-corrected chi connectivity index (χ2v) is 7.72. The van der Waals surface area contributed by atoms with Crippen LogP contribution in [0.2, 0.25) is 0 Å². The Morgan fingerprint density at radius 1 is 0.871 bits per heavy atom. The van der Waals surface area contributed by atoms with Crippen molar-refractivity contribution in [3.8, 4) is 11.5 Å². The van der Waals surface area contributed by atoms with Gasteiger partial charge in [-0.1, -0.05) is 38.1 Å². The van der Waals surface area contributed by atoms with Gasteiger partial charge in [0.05, 0.1) is 20.3 Å². The van der Waals surface area contributed by atoms with Crippen LogP contribution in [0.5, 0.6) is 11.5 Å². The monoisotopic (exact) mass is 421 g/mol. The van der Waals surface area contributed by atoms with Crippen LogP contribution in [-0.2, 0) is 0 Å². The highest BCUT2D eigenvalue weighted by Gasteiger charge is 2.19. The van der Waals surface area contributed by atoms with Crippen molar-refractivity contribution in [3.05, 3.63) is 89.2 Å². The average molecular weight is 422 g/mol. The number of ether oxygens (including phenoxy) is 2. The smallest absolute Gasteiger partial charge is 0.165 e. The number of hydrogen-bond donors (Lipinski definition) is 1. The van der Waals surface area contributed by atoms with Crippen molar-refractivity contribution in [2.75, 3.05) is 19.5 Å². The normalized spacial score (nSPS) is 11.8. The fourth-order valence-electron chi connectivity index (χ4n) is 3.43. The quantitative estimate of drug-likeness (QED) is 0.407. The summed E-state index contributed by atoms with van der Waals surface area (Å²) in [5.74, 6) is 1.17. The lowest BCUT2D eigenvalue weighted by Gasteiger charge is -2.21. The van der Waals surface area contributed by atoms with E-state index in [4.69, 9.17) is 9.47 Å². The summed E-state index contributed by atoms with van der Waals surface area (Å²) in [6.45, 7) is 4.29. The molecule has 5 heteroatoms. The van der Waals surface area contributed by atoms with Crippen LogP contribution >= 0.6 is 0 Å². The number of rotatable bonds is 9. The van der Waals surface area contributed by atoms with Crippen LogP contribution in [0.25, 0.3) is 0 Å². The fraction of sp³-hybridized carbons (Fsp3) is 0.269. The second-order valence-electron chi connectivity index (χ2n) is 7.72. The molecule has 0 aliphatic heterocycles. The molecule has 0 saturated carbocycles. The largest absolute Gasteiger partial charge is 0.493 e. The van der Waals surface area contributed by atoms with Crippen LogP contribution in [0.3, 0.4) is 0 Å². The highest BCUT2D eigenvalue weighted by Crippen LogP contribution is 2.30. The molecule has 0 aliphatic rings. The first-order valence-electron chi connectivity index (χ1n) is 10.3. The predicted octanol–water partition coefficient (Wildman–Crippen LogP) is 6.39. The van der Waals surface area contributed by atoms with Gasteiger partial charge in [-0.2, -0.15) is 0 Å². The molecule has 3 aromatic carbocycles. The average Bonchev–Trinajstić information content (AvgIpc) is 2.79. The van der Waals surface area contributed by atoms with Crippen LogP contribution in [0.1, 0.15) is 53.7 Å². The van der Waals surface area contributed by atoms with Crippen molar-refractivity contribution < 1.29 is 18.7 Å². The Kier molecular flexibility index (Phi) is 7.29. The Morgan fingerprint density at radius 2 is 1.48 bits per heavy atom. The first-order valence-corrected chi connectivity index (χ1v) is 10.3. The molecule has 3 aromatic rings. The van der Waals surface area contributed by atoms with Crippen molar-refractivity contribution in [1.82, 2.24) is 0 Å². The van der Waals surface area contributed by atoms with Gasteiger partial charge in [0, 0.05) is 17.7 Å². The lowest BCUT2D eigenvalue weighted by molar-refractivity contribution is 0.0976. The number of hydrogen-bond acceptors (Lipinski definition) is 4. The lowest BCUT2D eigenvalue weighted by Crippen LogP contribution is -2.16. The zero-order valence-electron chi connectivity index (χ0n) is 18.3. The van der Waals surface area contributed by atoms with Crippen LogP contribution in [0, 0.1) is 5.82 Å². The van der Waals surface area contributed by atoms with Crippen LogP contribution in [0.4, 0.5) is 10.1 Å². The van der Waals surface area contributed by atoms with Gasteiger partial charge in [-0.15, -0.1) is 0 Å². The molecule has 1 unspecified atom stereocenters. The third-order valence-corrected chi connectivity index (χ3v) is 5.29. The molecule has 162 valence electrons. The molecule has 1 N–H and O–H groups in total.